The highest BCUT2D eigenvalue weighted by Gasteiger charge is 2.42. The molecule has 9 rings (SSSR count). The van der Waals surface area contributed by atoms with E-state index < -0.39 is 0 Å². The smallest absolute Gasteiger partial charge is 0.168 e. The summed E-state index contributed by atoms with van der Waals surface area (Å²) in [5, 5.41) is 10.6. The molecule has 44 heavy (non-hydrogen) atoms. The molecule has 3 aromatic heterocycles. The van der Waals surface area contributed by atoms with Crippen molar-refractivity contribution in [1.82, 2.24) is 19.3 Å². The van der Waals surface area contributed by atoms with Crippen LogP contribution in [0.3, 0.4) is 0 Å². The Morgan fingerprint density at radius 3 is 1.89 bits per heavy atom. The van der Waals surface area contributed by atoms with E-state index in [0.717, 1.165) is 67.5 Å². The van der Waals surface area contributed by atoms with Gasteiger partial charge in [0.25, 0.3) is 0 Å². The van der Waals surface area contributed by atoms with Crippen LogP contribution in [-0.2, 0) is 5.41 Å². The lowest BCUT2D eigenvalue weighted by atomic mass is 9.85. The molecule has 0 saturated carbocycles. The molecule has 5 heteroatoms. The van der Waals surface area contributed by atoms with Gasteiger partial charge < -0.3 is 8.98 Å². The van der Waals surface area contributed by atoms with Crippen molar-refractivity contribution in [3.63, 3.8) is 0 Å². The van der Waals surface area contributed by atoms with Gasteiger partial charge in [-0.1, -0.05) is 91.0 Å². The molecule has 5 nitrogen and oxygen atoms in total. The highest BCUT2D eigenvalue weighted by Crippen LogP contribution is 2.55. The molecule has 0 radical (unpaired) electrons. The molecule has 0 spiro atoms. The number of rotatable bonds is 4. The highest BCUT2D eigenvalue weighted by atomic mass is 16.3. The van der Waals surface area contributed by atoms with E-state index in [1.165, 1.54) is 11.1 Å². The van der Waals surface area contributed by atoms with Crippen LogP contribution < -0.4 is 0 Å². The SMILES string of the molecule is CC1(C)c2ccc(-c3nnc(-c4ccccc4)n3-c3ccccc3)cc2-c2c1oc1c3ccccc3n(-c3ccccc3)c21. The maximum Gasteiger partial charge on any atom is 0.168 e. The van der Waals surface area contributed by atoms with Gasteiger partial charge in [0.05, 0.1) is 5.52 Å². The standard InChI is InChI=1S/C39H28N4O/c1-39(2)31-23-22-26(38-41-40-37(25-14-6-3-7-15-25)43(38)28-18-10-5-11-19-28)24-30(31)33-34-35(44-36(33)39)29-20-12-13-21-32(29)42(34)27-16-8-4-9-17-27/h3-24H,1-2H3. The first-order valence-electron chi connectivity index (χ1n) is 14.9. The predicted molar refractivity (Wildman–Crippen MR) is 176 cm³/mol. The highest BCUT2D eigenvalue weighted by molar-refractivity contribution is 6.13. The van der Waals surface area contributed by atoms with Crippen molar-refractivity contribution in [2.75, 3.05) is 0 Å². The quantitative estimate of drug-likeness (QED) is 0.212. The van der Waals surface area contributed by atoms with Crippen molar-refractivity contribution in [1.29, 1.82) is 0 Å². The zero-order chi connectivity index (χ0) is 29.4. The third kappa shape index (κ3) is 3.41. The molecule has 0 unspecified atom stereocenters. The van der Waals surface area contributed by atoms with Gasteiger partial charge in [-0.3, -0.25) is 4.57 Å². The van der Waals surface area contributed by atoms with Crippen molar-refractivity contribution in [2.24, 2.45) is 0 Å². The lowest BCUT2D eigenvalue weighted by Crippen LogP contribution is -2.14. The molecule has 210 valence electrons. The van der Waals surface area contributed by atoms with Crippen LogP contribution in [-0.4, -0.2) is 19.3 Å². The first kappa shape index (κ1) is 24.9. The van der Waals surface area contributed by atoms with E-state index in [9.17, 15) is 0 Å². The Balaban J connectivity index is 1.33. The number of hydrogen-bond donors (Lipinski definition) is 0. The number of benzene rings is 5. The largest absolute Gasteiger partial charge is 0.457 e. The van der Waals surface area contributed by atoms with E-state index in [2.05, 4.69) is 132 Å². The number of hydrogen-bond acceptors (Lipinski definition) is 3. The normalized spacial score (nSPS) is 13.4. The monoisotopic (exact) mass is 568 g/mol. The van der Waals surface area contributed by atoms with Crippen LogP contribution in [0.1, 0.15) is 25.2 Å². The average molecular weight is 569 g/mol. The van der Waals surface area contributed by atoms with Gasteiger partial charge in [0.15, 0.2) is 17.2 Å². The first-order chi connectivity index (χ1) is 21.6. The summed E-state index contributed by atoms with van der Waals surface area (Å²) in [7, 11) is 0. The Morgan fingerprint density at radius 2 is 1.18 bits per heavy atom. The predicted octanol–water partition coefficient (Wildman–Crippen LogP) is 9.60. The van der Waals surface area contributed by atoms with Gasteiger partial charge in [0, 0.05) is 38.9 Å². The van der Waals surface area contributed by atoms with Crippen LogP contribution >= 0.6 is 0 Å². The molecule has 0 fully saturated rings. The molecular formula is C39H28N4O. The van der Waals surface area contributed by atoms with Crippen molar-refractivity contribution < 1.29 is 4.42 Å². The zero-order valence-electron chi connectivity index (χ0n) is 24.4. The lowest BCUT2D eigenvalue weighted by molar-refractivity contribution is 0.466. The minimum atomic E-state index is -0.298. The molecule has 3 heterocycles. The first-order valence-corrected chi connectivity index (χ1v) is 14.9. The summed E-state index contributed by atoms with van der Waals surface area (Å²) in [6.45, 7) is 4.52. The van der Waals surface area contributed by atoms with Gasteiger partial charge in [0.2, 0.25) is 0 Å². The molecule has 8 aromatic rings. The van der Waals surface area contributed by atoms with E-state index in [-0.39, 0.29) is 5.41 Å². The number of nitrogens with zero attached hydrogens (tertiary/aromatic N) is 4. The average Bonchev–Trinajstić information content (AvgIpc) is 3.81. The molecule has 0 atom stereocenters. The Bertz CT molecular complexity index is 2340. The van der Waals surface area contributed by atoms with E-state index in [4.69, 9.17) is 14.6 Å². The molecule has 0 aliphatic heterocycles. The van der Waals surface area contributed by atoms with Crippen molar-refractivity contribution >= 4 is 22.0 Å². The molecular weight excluding hydrogens is 540 g/mol. The van der Waals surface area contributed by atoms with Crippen molar-refractivity contribution in [3.8, 4) is 45.3 Å². The second-order valence-corrected chi connectivity index (χ2v) is 11.9. The van der Waals surface area contributed by atoms with Crippen LogP contribution in [0, 0.1) is 0 Å². The molecule has 0 saturated heterocycles. The Hall–Kier alpha value is -5.68. The van der Waals surface area contributed by atoms with Crippen LogP contribution in [0.15, 0.2) is 138 Å². The minimum Gasteiger partial charge on any atom is -0.457 e. The Kier molecular flexibility index (Phi) is 5.18. The van der Waals surface area contributed by atoms with Gasteiger partial charge >= 0.3 is 0 Å². The van der Waals surface area contributed by atoms with Gasteiger partial charge in [-0.2, -0.15) is 0 Å². The van der Waals surface area contributed by atoms with E-state index in [1.807, 2.05) is 24.3 Å². The summed E-state index contributed by atoms with van der Waals surface area (Å²) in [6.07, 6.45) is 0. The summed E-state index contributed by atoms with van der Waals surface area (Å²) in [6, 6.07) is 46.4. The van der Waals surface area contributed by atoms with Crippen molar-refractivity contribution in [2.45, 2.75) is 19.3 Å². The van der Waals surface area contributed by atoms with Crippen molar-refractivity contribution in [3.05, 3.63) is 145 Å². The number of fused-ring (bicyclic) bond motifs is 7. The minimum absolute atomic E-state index is 0.298. The number of aromatic nitrogens is 4. The summed E-state index contributed by atoms with van der Waals surface area (Å²) in [5.74, 6) is 2.61. The van der Waals surface area contributed by atoms with Gasteiger partial charge in [-0.05, 0) is 67.4 Å². The fourth-order valence-corrected chi connectivity index (χ4v) is 6.96. The van der Waals surface area contributed by atoms with E-state index in [0.29, 0.717) is 0 Å². The van der Waals surface area contributed by atoms with Crippen LogP contribution in [0.25, 0.3) is 67.3 Å². The maximum atomic E-state index is 6.87. The summed E-state index contributed by atoms with van der Waals surface area (Å²) >= 11 is 0. The molecule has 0 N–H and O–H groups in total. The Morgan fingerprint density at radius 1 is 0.591 bits per heavy atom. The Labute approximate surface area is 254 Å². The molecule has 5 aromatic carbocycles. The van der Waals surface area contributed by atoms with E-state index >= 15 is 0 Å². The summed E-state index contributed by atoms with van der Waals surface area (Å²) < 4.78 is 11.4. The summed E-state index contributed by atoms with van der Waals surface area (Å²) in [5.41, 5.74) is 10.6. The lowest BCUT2D eigenvalue weighted by Gasteiger charge is -2.19. The molecule has 1 aliphatic rings. The molecule has 0 bridgehead atoms. The van der Waals surface area contributed by atoms with E-state index in [1.54, 1.807) is 0 Å². The zero-order valence-corrected chi connectivity index (χ0v) is 24.4. The number of para-hydroxylation sites is 3. The second-order valence-electron chi connectivity index (χ2n) is 11.9. The molecule has 1 aliphatic carbocycles. The van der Waals surface area contributed by atoms with Crippen LogP contribution in [0.5, 0.6) is 0 Å². The maximum absolute atomic E-state index is 6.87. The van der Waals surface area contributed by atoms with Crippen LogP contribution in [0.4, 0.5) is 0 Å². The number of furan rings is 1. The fraction of sp³-hybridized carbons (Fsp3) is 0.0769. The van der Waals surface area contributed by atoms with Gasteiger partial charge in [-0.25, -0.2) is 0 Å². The third-order valence-electron chi connectivity index (χ3n) is 9.01. The topological polar surface area (TPSA) is 48.8 Å². The summed E-state index contributed by atoms with van der Waals surface area (Å²) in [4.78, 5) is 0. The third-order valence-corrected chi connectivity index (χ3v) is 9.01. The second kappa shape index (κ2) is 9.16. The van der Waals surface area contributed by atoms with Gasteiger partial charge in [0.1, 0.15) is 11.3 Å². The van der Waals surface area contributed by atoms with Crippen LogP contribution in [0.2, 0.25) is 0 Å². The van der Waals surface area contributed by atoms with Gasteiger partial charge in [-0.15, -0.1) is 10.2 Å². The molecule has 0 amide bonds. The fourth-order valence-electron chi connectivity index (χ4n) is 6.96.